The van der Waals surface area contributed by atoms with Crippen molar-refractivity contribution in [3.05, 3.63) is 12.7 Å². The van der Waals surface area contributed by atoms with Gasteiger partial charge in [0.05, 0.1) is 11.7 Å². The van der Waals surface area contributed by atoms with Crippen molar-refractivity contribution in [2.45, 2.75) is 38.4 Å². The highest BCUT2D eigenvalue weighted by Gasteiger charge is 2.22. The van der Waals surface area contributed by atoms with Crippen molar-refractivity contribution < 1.29 is 10.2 Å². The van der Waals surface area contributed by atoms with Crippen molar-refractivity contribution in [1.82, 2.24) is 0 Å². The number of aliphatic hydroxyl groups excluding tert-OH is 1. The van der Waals surface area contributed by atoms with Gasteiger partial charge in [-0.15, -0.1) is 6.58 Å². The van der Waals surface area contributed by atoms with E-state index in [2.05, 4.69) is 6.58 Å². The lowest BCUT2D eigenvalue weighted by Gasteiger charge is -2.23. The molecule has 0 spiro atoms. The van der Waals surface area contributed by atoms with Crippen LogP contribution in [0.3, 0.4) is 0 Å². The Labute approximate surface area is 62.2 Å². The van der Waals surface area contributed by atoms with Crippen LogP contribution in [0.25, 0.3) is 0 Å². The molecule has 1 atom stereocenters. The van der Waals surface area contributed by atoms with E-state index in [0.717, 1.165) is 6.42 Å². The maximum atomic E-state index is 9.23. The molecule has 1 unspecified atom stereocenters. The van der Waals surface area contributed by atoms with Gasteiger partial charge in [0.1, 0.15) is 0 Å². The number of allylic oxidation sites excluding steroid dienone is 1. The number of hydrogen-bond acceptors (Lipinski definition) is 2. The van der Waals surface area contributed by atoms with Gasteiger partial charge in [0.15, 0.2) is 0 Å². The zero-order valence-electron chi connectivity index (χ0n) is 6.67. The third-order valence-electron chi connectivity index (χ3n) is 1.46. The standard InChI is InChI=1S/C8H16O2/c1-4-5-6-7(9)8(2,3)10/h4,7,9-10H,1,5-6H2,2-3H3. The van der Waals surface area contributed by atoms with Gasteiger partial charge >= 0.3 is 0 Å². The summed E-state index contributed by atoms with van der Waals surface area (Å²) in [6.07, 6.45) is 2.40. The molecular weight excluding hydrogens is 128 g/mol. The lowest BCUT2D eigenvalue weighted by atomic mass is 9.98. The van der Waals surface area contributed by atoms with Crippen LogP contribution in [0.1, 0.15) is 26.7 Å². The van der Waals surface area contributed by atoms with Crippen molar-refractivity contribution in [3.8, 4) is 0 Å². The van der Waals surface area contributed by atoms with Crippen LogP contribution in [0.15, 0.2) is 12.7 Å². The molecule has 60 valence electrons. The van der Waals surface area contributed by atoms with Crippen molar-refractivity contribution in [3.63, 3.8) is 0 Å². The smallest absolute Gasteiger partial charge is 0.0849 e. The molecule has 0 bridgehead atoms. The predicted octanol–water partition coefficient (Wildman–Crippen LogP) is 1.08. The first kappa shape index (κ1) is 9.66. The maximum Gasteiger partial charge on any atom is 0.0849 e. The zero-order valence-corrected chi connectivity index (χ0v) is 6.67. The fourth-order valence-electron chi connectivity index (χ4n) is 0.629. The Balaban J connectivity index is 3.61. The van der Waals surface area contributed by atoms with Gasteiger partial charge in [0, 0.05) is 0 Å². The minimum absolute atomic E-state index is 0.576. The molecule has 0 aromatic rings. The Bertz CT molecular complexity index is 102. The number of rotatable bonds is 4. The molecule has 2 nitrogen and oxygen atoms in total. The van der Waals surface area contributed by atoms with Crippen molar-refractivity contribution in [2.24, 2.45) is 0 Å². The van der Waals surface area contributed by atoms with Crippen LogP contribution in [0, 0.1) is 0 Å². The van der Waals surface area contributed by atoms with E-state index in [-0.39, 0.29) is 0 Å². The molecule has 0 amide bonds. The van der Waals surface area contributed by atoms with Crippen LogP contribution in [-0.4, -0.2) is 21.9 Å². The van der Waals surface area contributed by atoms with Crippen LogP contribution < -0.4 is 0 Å². The van der Waals surface area contributed by atoms with Crippen molar-refractivity contribution in [1.29, 1.82) is 0 Å². The highest BCUT2D eigenvalue weighted by atomic mass is 16.3. The molecular formula is C8H16O2. The fourth-order valence-corrected chi connectivity index (χ4v) is 0.629. The number of hydrogen-bond donors (Lipinski definition) is 2. The molecule has 0 aromatic carbocycles. The second kappa shape index (κ2) is 3.74. The molecule has 0 aliphatic heterocycles. The van der Waals surface area contributed by atoms with E-state index >= 15 is 0 Å². The summed E-state index contributed by atoms with van der Waals surface area (Å²) in [5.41, 5.74) is -0.983. The Morgan fingerprint density at radius 2 is 2.10 bits per heavy atom. The molecule has 0 saturated heterocycles. The Hall–Kier alpha value is -0.340. The third-order valence-corrected chi connectivity index (χ3v) is 1.46. The molecule has 0 aliphatic rings. The van der Waals surface area contributed by atoms with Gasteiger partial charge in [-0.2, -0.15) is 0 Å². The summed E-state index contributed by atoms with van der Waals surface area (Å²) in [5.74, 6) is 0. The van der Waals surface area contributed by atoms with E-state index in [1.54, 1.807) is 19.9 Å². The lowest BCUT2D eigenvalue weighted by molar-refractivity contribution is -0.0506. The molecule has 0 heterocycles. The number of aliphatic hydroxyl groups is 2. The first-order chi connectivity index (χ1) is 4.48. The lowest BCUT2D eigenvalue weighted by Crippen LogP contribution is -2.35. The summed E-state index contributed by atoms with van der Waals surface area (Å²) >= 11 is 0. The van der Waals surface area contributed by atoms with E-state index in [4.69, 9.17) is 0 Å². The highest BCUT2D eigenvalue weighted by molar-refractivity contribution is 4.79. The molecule has 2 heteroatoms. The minimum atomic E-state index is -0.983. The Morgan fingerprint density at radius 1 is 1.60 bits per heavy atom. The van der Waals surface area contributed by atoms with E-state index in [9.17, 15) is 10.2 Å². The SMILES string of the molecule is C=CCCC(O)C(C)(C)O. The molecule has 0 aliphatic carbocycles. The van der Waals surface area contributed by atoms with Gasteiger partial charge in [-0.3, -0.25) is 0 Å². The molecule has 0 rings (SSSR count). The fraction of sp³-hybridized carbons (Fsp3) is 0.750. The monoisotopic (exact) mass is 144 g/mol. The summed E-state index contributed by atoms with van der Waals surface area (Å²) in [5, 5.41) is 18.4. The summed E-state index contributed by atoms with van der Waals surface area (Å²) < 4.78 is 0. The molecule has 10 heavy (non-hydrogen) atoms. The Kier molecular flexibility index (Phi) is 3.61. The molecule has 0 radical (unpaired) electrons. The van der Waals surface area contributed by atoms with Crippen molar-refractivity contribution >= 4 is 0 Å². The van der Waals surface area contributed by atoms with Crippen LogP contribution in [0.2, 0.25) is 0 Å². The van der Waals surface area contributed by atoms with E-state index in [0.29, 0.717) is 6.42 Å². The topological polar surface area (TPSA) is 40.5 Å². The normalized spacial score (nSPS) is 14.8. The molecule has 0 aromatic heterocycles. The summed E-state index contributed by atoms with van der Waals surface area (Å²) in [7, 11) is 0. The first-order valence-electron chi connectivity index (χ1n) is 3.50. The third kappa shape index (κ3) is 3.64. The second-order valence-corrected chi connectivity index (χ2v) is 3.04. The highest BCUT2D eigenvalue weighted by Crippen LogP contribution is 2.12. The second-order valence-electron chi connectivity index (χ2n) is 3.04. The predicted molar refractivity (Wildman–Crippen MR) is 41.7 cm³/mol. The first-order valence-corrected chi connectivity index (χ1v) is 3.50. The quantitative estimate of drug-likeness (QED) is 0.580. The maximum absolute atomic E-state index is 9.23. The minimum Gasteiger partial charge on any atom is -0.390 e. The van der Waals surface area contributed by atoms with Gasteiger partial charge in [0.25, 0.3) is 0 Å². The van der Waals surface area contributed by atoms with E-state index in [1.165, 1.54) is 0 Å². The average Bonchev–Trinajstić information content (AvgIpc) is 1.80. The van der Waals surface area contributed by atoms with Crippen LogP contribution in [0.5, 0.6) is 0 Å². The van der Waals surface area contributed by atoms with E-state index in [1.807, 2.05) is 0 Å². The Morgan fingerprint density at radius 3 is 2.40 bits per heavy atom. The van der Waals surface area contributed by atoms with E-state index < -0.39 is 11.7 Å². The van der Waals surface area contributed by atoms with Gasteiger partial charge in [-0.05, 0) is 26.7 Å². The van der Waals surface area contributed by atoms with Crippen LogP contribution in [0.4, 0.5) is 0 Å². The van der Waals surface area contributed by atoms with Gasteiger partial charge in [-0.1, -0.05) is 6.08 Å². The molecule has 2 N–H and O–H groups in total. The van der Waals surface area contributed by atoms with Gasteiger partial charge in [0.2, 0.25) is 0 Å². The summed E-state index contributed by atoms with van der Waals surface area (Å²) in [6.45, 7) is 6.72. The summed E-state index contributed by atoms with van der Waals surface area (Å²) in [6, 6.07) is 0. The van der Waals surface area contributed by atoms with Gasteiger partial charge in [-0.25, -0.2) is 0 Å². The van der Waals surface area contributed by atoms with Crippen LogP contribution in [-0.2, 0) is 0 Å². The van der Waals surface area contributed by atoms with Crippen LogP contribution >= 0.6 is 0 Å². The van der Waals surface area contributed by atoms with Gasteiger partial charge < -0.3 is 10.2 Å². The largest absolute Gasteiger partial charge is 0.390 e. The molecule has 0 fully saturated rings. The average molecular weight is 144 g/mol. The van der Waals surface area contributed by atoms with Crippen molar-refractivity contribution in [2.75, 3.05) is 0 Å². The summed E-state index contributed by atoms with van der Waals surface area (Å²) in [4.78, 5) is 0. The molecule has 0 saturated carbocycles. The zero-order chi connectivity index (χ0) is 8.20.